The Balaban J connectivity index is 1.58. The van der Waals surface area contributed by atoms with E-state index in [2.05, 4.69) is 32.0 Å². The van der Waals surface area contributed by atoms with E-state index in [0.717, 1.165) is 43.6 Å². The van der Waals surface area contributed by atoms with Gasteiger partial charge in [0.15, 0.2) is 0 Å². The van der Waals surface area contributed by atoms with Gasteiger partial charge < -0.3 is 10.2 Å². The molecule has 4 aliphatic rings. The Labute approximate surface area is 189 Å². The molecule has 0 aromatic heterocycles. The highest BCUT2D eigenvalue weighted by atomic mass is 16.2. The van der Waals surface area contributed by atoms with Crippen LogP contribution in [0.4, 0.5) is 0 Å². The summed E-state index contributed by atoms with van der Waals surface area (Å²) in [6.45, 7) is 8.04. The van der Waals surface area contributed by atoms with Crippen LogP contribution in [0.5, 0.6) is 0 Å². The number of carbonyl (C=O) groups is 2. The fraction of sp³-hybridized carbons (Fsp3) is 0.852. The minimum absolute atomic E-state index is 0.199. The van der Waals surface area contributed by atoms with Crippen molar-refractivity contribution in [3.63, 3.8) is 0 Å². The van der Waals surface area contributed by atoms with Crippen LogP contribution in [0.25, 0.3) is 0 Å². The lowest BCUT2D eigenvalue weighted by Crippen LogP contribution is -2.62. The molecule has 31 heavy (non-hydrogen) atoms. The summed E-state index contributed by atoms with van der Waals surface area (Å²) >= 11 is 0. The standard InChI is InChI=1S/C27H42N2O2/c1-6-24(31)29(5)18-17-25(4)14-11-21-19-9-10-22-26(7-2,15-13-23(30)28-22)20(19)12-16-27(21,25)8-3/h1,19-22H,7-18H2,2-5H3,(H,28,30)/t19?,20?,21?,22?,25-,26-,27+/m1/s1. The van der Waals surface area contributed by atoms with Gasteiger partial charge in [-0.15, -0.1) is 6.42 Å². The third-order valence-electron chi connectivity index (χ3n) is 11.0. The second-order valence-corrected chi connectivity index (χ2v) is 11.4. The zero-order valence-corrected chi connectivity index (χ0v) is 20.1. The minimum Gasteiger partial charge on any atom is -0.353 e. The smallest absolute Gasteiger partial charge is 0.297 e. The zero-order chi connectivity index (χ0) is 22.4. The summed E-state index contributed by atoms with van der Waals surface area (Å²) < 4.78 is 0. The monoisotopic (exact) mass is 426 g/mol. The highest BCUT2D eigenvalue weighted by Gasteiger charge is 2.64. The lowest BCUT2D eigenvalue weighted by Gasteiger charge is -2.63. The van der Waals surface area contributed by atoms with Gasteiger partial charge in [0.25, 0.3) is 5.91 Å². The van der Waals surface area contributed by atoms with Crippen molar-refractivity contribution in [3.8, 4) is 12.3 Å². The van der Waals surface area contributed by atoms with Crippen molar-refractivity contribution in [2.75, 3.05) is 13.6 Å². The number of terminal acetylenes is 1. The summed E-state index contributed by atoms with van der Waals surface area (Å²) in [4.78, 5) is 25.8. The molecule has 4 unspecified atom stereocenters. The fourth-order valence-corrected chi connectivity index (χ4v) is 9.23. The number of hydrogen-bond donors (Lipinski definition) is 1. The van der Waals surface area contributed by atoms with Crippen LogP contribution < -0.4 is 5.32 Å². The van der Waals surface area contributed by atoms with Crippen molar-refractivity contribution >= 4 is 11.8 Å². The zero-order valence-electron chi connectivity index (χ0n) is 20.1. The van der Waals surface area contributed by atoms with Crippen LogP contribution in [0.3, 0.4) is 0 Å². The van der Waals surface area contributed by atoms with E-state index in [4.69, 9.17) is 6.42 Å². The molecule has 0 spiro atoms. The summed E-state index contributed by atoms with van der Waals surface area (Å²) in [6, 6.07) is 0.394. The van der Waals surface area contributed by atoms with Gasteiger partial charge in [0, 0.05) is 26.1 Å². The normalized spacial score (nSPS) is 43.8. The van der Waals surface area contributed by atoms with Gasteiger partial charge in [-0.3, -0.25) is 9.59 Å². The van der Waals surface area contributed by atoms with Crippen molar-refractivity contribution in [2.24, 2.45) is 34.0 Å². The summed E-state index contributed by atoms with van der Waals surface area (Å²) in [5, 5.41) is 3.40. The molecule has 1 saturated heterocycles. The van der Waals surface area contributed by atoms with E-state index in [1.807, 2.05) is 7.05 Å². The van der Waals surface area contributed by atoms with Crippen molar-refractivity contribution in [1.82, 2.24) is 10.2 Å². The Morgan fingerprint density at radius 3 is 2.55 bits per heavy atom. The predicted molar refractivity (Wildman–Crippen MR) is 124 cm³/mol. The number of nitrogens with one attached hydrogen (secondary N) is 1. The van der Waals surface area contributed by atoms with E-state index in [1.54, 1.807) is 4.90 Å². The number of carbonyl (C=O) groups excluding carboxylic acids is 2. The van der Waals surface area contributed by atoms with Gasteiger partial charge >= 0.3 is 0 Å². The van der Waals surface area contributed by atoms with E-state index < -0.39 is 0 Å². The van der Waals surface area contributed by atoms with Crippen LogP contribution >= 0.6 is 0 Å². The molecule has 0 radical (unpaired) electrons. The number of fused-ring (bicyclic) bond motifs is 5. The largest absolute Gasteiger partial charge is 0.353 e. The Bertz CT molecular complexity index is 772. The van der Waals surface area contributed by atoms with E-state index in [1.165, 1.54) is 44.9 Å². The van der Waals surface area contributed by atoms with Crippen LogP contribution in [0, 0.1) is 46.3 Å². The molecule has 1 N–H and O–H groups in total. The number of piperidine rings is 1. The van der Waals surface area contributed by atoms with Gasteiger partial charge in [-0.25, -0.2) is 0 Å². The maximum absolute atomic E-state index is 12.1. The number of amides is 2. The second kappa shape index (κ2) is 8.13. The molecule has 7 atom stereocenters. The maximum Gasteiger partial charge on any atom is 0.297 e. The van der Waals surface area contributed by atoms with Gasteiger partial charge in [-0.1, -0.05) is 20.8 Å². The molecular formula is C27H42N2O2. The van der Waals surface area contributed by atoms with Crippen molar-refractivity contribution in [1.29, 1.82) is 0 Å². The van der Waals surface area contributed by atoms with Crippen LogP contribution in [0.15, 0.2) is 0 Å². The Morgan fingerprint density at radius 2 is 1.87 bits per heavy atom. The summed E-state index contributed by atoms with van der Waals surface area (Å²) in [5.74, 6) is 4.68. The molecule has 4 nitrogen and oxygen atoms in total. The summed E-state index contributed by atoms with van der Waals surface area (Å²) in [5.41, 5.74) is 0.973. The molecule has 1 aliphatic heterocycles. The molecule has 4 fully saturated rings. The average Bonchev–Trinajstić information content (AvgIpc) is 3.09. The molecule has 4 rings (SSSR count). The van der Waals surface area contributed by atoms with Gasteiger partial charge in [-0.05, 0) is 104 Å². The summed E-state index contributed by atoms with van der Waals surface area (Å²) in [7, 11) is 1.84. The first-order valence-corrected chi connectivity index (χ1v) is 12.8. The van der Waals surface area contributed by atoms with E-state index in [9.17, 15) is 9.59 Å². The molecular weight excluding hydrogens is 384 g/mol. The number of rotatable bonds is 5. The highest BCUT2D eigenvalue weighted by Crippen LogP contribution is 2.71. The predicted octanol–water partition coefficient (Wildman–Crippen LogP) is 4.78. The van der Waals surface area contributed by atoms with Gasteiger partial charge in [0.05, 0.1) is 0 Å². The van der Waals surface area contributed by atoms with Gasteiger partial charge in [-0.2, -0.15) is 0 Å². The molecule has 3 saturated carbocycles. The molecule has 0 bridgehead atoms. The van der Waals surface area contributed by atoms with Gasteiger partial charge in [0.1, 0.15) is 0 Å². The van der Waals surface area contributed by atoms with Gasteiger partial charge in [0.2, 0.25) is 5.91 Å². The molecule has 4 heteroatoms. The topological polar surface area (TPSA) is 49.4 Å². The Kier molecular flexibility index (Phi) is 5.95. The Morgan fingerprint density at radius 1 is 1.13 bits per heavy atom. The van der Waals surface area contributed by atoms with E-state index >= 15 is 0 Å². The fourth-order valence-electron chi connectivity index (χ4n) is 9.23. The molecule has 3 aliphatic carbocycles. The van der Waals surface area contributed by atoms with Crippen LogP contribution in [0.1, 0.15) is 91.4 Å². The van der Waals surface area contributed by atoms with Crippen LogP contribution in [-0.4, -0.2) is 36.3 Å². The van der Waals surface area contributed by atoms with Crippen molar-refractivity contribution < 1.29 is 9.59 Å². The SMILES string of the molecule is C#CC(=O)N(C)CC[C@@]1(C)CCC2C3CCC4NC(=O)CC[C@]4(CC)C3CC[C@@]21CC. The lowest BCUT2D eigenvalue weighted by molar-refractivity contribution is -0.146. The van der Waals surface area contributed by atoms with E-state index in [-0.39, 0.29) is 17.2 Å². The first-order chi connectivity index (χ1) is 14.8. The second-order valence-electron chi connectivity index (χ2n) is 11.4. The minimum atomic E-state index is -0.199. The lowest BCUT2D eigenvalue weighted by atomic mass is 9.43. The molecule has 0 aromatic rings. The Hall–Kier alpha value is -1.50. The highest BCUT2D eigenvalue weighted by molar-refractivity contribution is 5.92. The van der Waals surface area contributed by atoms with Crippen LogP contribution in [-0.2, 0) is 9.59 Å². The molecule has 1 heterocycles. The van der Waals surface area contributed by atoms with Crippen molar-refractivity contribution in [3.05, 3.63) is 0 Å². The number of nitrogens with zero attached hydrogens (tertiary/aromatic N) is 1. The van der Waals surface area contributed by atoms with E-state index in [0.29, 0.717) is 23.3 Å². The molecule has 2 amide bonds. The first kappa shape index (κ1) is 22.7. The molecule has 0 aromatic carbocycles. The third kappa shape index (κ3) is 3.25. The molecule has 172 valence electrons. The number of hydrogen-bond acceptors (Lipinski definition) is 2. The van der Waals surface area contributed by atoms with Crippen LogP contribution in [0.2, 0.25) is 0 Å². The third-order valence-corrected chi connectivity index (χ3v) is 11.0. The maximum atomic E-state index is 12.1. The average molecular weight is 427 g/mol. The first-order valence-electron chi connectivity index (χ1n) is 12.8. The quantitative estimate of drug-likeness (QED) is 0.644. The summed E-state index contributed by atoms with van der Waals surface area (Å²) in [6.07, 6.45) is 18.3. The van der Waals surface area contributed by atoms with Crippen molar-refractivity contribution in [2.45, 2.75) is 97.4 Å².